The fraction of sp³-hybridized carbons (Fsp3) is 0.462. The summed E-state index contributed by atoms with van der Waals surface area (Å²) in [6.07, 6.45) is 0.722. The molecule has 6 nitrogen and oxygen atoms in total. The summed E-state index contributed by atoms with van der Waals surface area (Å²) in [6, 6.07) is 1.37. The van der Waals surface area contributed by atoms with Crippen LogP contribution in [-0.2, 0) is 14.8 Å². The standard InChI is InChI=1S/C13H16FNO5S/c1-8-11(6-5-10(20-2)12(8)14)21(18,19)15-7-3-4-9(15)13(16)17/h5-6,9H,3-4,7H2,1-2H3,(H,16,17)/t9-/m1/s1. The van der Waals surface area contributed by atoms with Gasteiger partial charge in [-0.1, -0.05) is 0 Å². The summed E-state index contributed by atoms with van der Waals surface area (Å²) in [4.78, 5) is 10.9. The maximum absolute atomic E-state index is 14.0. The Labute approximate surface area is 122 Å². The lowest BCUT2D eigenvalue weighted by Gasteiger charge is -2.22. The molecule has 0 radical (unpaired) electrons. The molecule has 0 aromatic heterocycles. The average molecular weight is 317 g/mol. The van der Waals surface area contributed by atoms with Crippen LogP contribution in [0.1, 0.15) is 18.4 Å². The molecule has 0 amide bonds. The molecule has 0 aliphatic carbocycles. The number of ether oxygens (including phenoxy) is 1. The van der Waals surface area contributed by atoms with Crippen molar-refractivity contribution in [1.29, 1.82) is 0 Å². The number of carbonyl (C=O) groups is 1. The molecule has 1 heterocycles. The summed E-state index contributed by atoms with van der Waals surface area (Å²) in [6.45, 7) is 1.45. The molecule has 1 N–H and O–H groups in total. The van der Waals surface area contributed by atoms with E-state index < -0.39 is 27.9 Å². The van der Waals surface area contributed by atoms with Gasteiger partial charge in [-0.3, -0.25) is 4.79 Å². The van der Waals surface area contributed by atoms with Crippen molar-refractivity contribution in [3.63, 3.8) is 0 Å². The van der Waals surface area contributed by atoms with Gasteiger partial charge in [0, 0.05) is 12.1 Å². The number of methoxy groups -OCH3 is 1. The maximum Gasteiger partial charge on any atom is 0.322 e. The molecule has 1 aliphatic heterocycles. The minimum atomic E-state index is -4.05. The fourth-order valence-corrected chi connectivity index (χ4v) is 4.35. The molecular formula is C13H16FNO5S. The van der Waals surface area contributed by atoms with Crippen LogP contribution in [0.3, 0.4) is 0 Å². The van der Waals surface area contributed by atoms with Crippen LogP contribution in [0.5, 0.6) is 5.75 Å². The summed E-state index contributed by atoms with van der Waals surface area (Å²) in [5.74, 6) is -2.00. The van der Waals surface area contributed by atoms with Crippen molar-refractivity contribution < 1.29 is 27.4 Å². The molecule has 2 rings (SSSR count). The van der Waals surface area contributed by atoms with E-state index in [2.05, 4.69) is 0 Å². The Morgan fingerprint density at radius 3 is 2.71 bits per heavy atom. The smallest absolute Gasteiger partial charge is 0.322 e. The predicted molar refractivity (Wildman–Crippen MR) is 72.2 cm³/mol. The number of sulfonamides is 1. The maximum atomic E-state index is 14.0. The van der Waals surface area contributed by atoms with E-state index in [1.807, 2.05) is 0 Å². The van der Waals surface area contributed by atoms with Gasteiger partial charge in [0.1, 0.15) is 6.04 Å². The van der Waals surface area contributed by atoms with Crippen molar-refractivity contribution in [3.05, 3.63) is 23.5 Å². The third-order valence-corrected chi connectivity index (χ3v) is 5.65. The van der Waals surface area contributed by atoms with Gasteiger partial charge in [-0.25, -0.2) is 12.8 Å². The summed E-state index contributed by atoms with van der Waals surface area (Å²) in [7, 11) is -2.77. The Morgan fingerprint density at radius 2 is 2.14 bits per heavy atom. The molecule has 1 saturated heterocycles. The molecule has 1 fully saturated rings. The third-order valence-electron chi connectivity index (χ3n) is 3.60. The Morgan fingerprint density at radius 1 is 1.48 bits per heavy atom. The zero-order valence-electron chi connectivity index (χ0n) is 11.7. The number of hydrogen-bond donors (Lipinski definition) is 1. The van der Waals surface area contributed by atoms with Gasteiger partial charge in [-0.2, -0.15) is 4.31 Å². The Kier molecular flexibility index (Phi) is 4.20. The normalized spacial score (nSPS) is 19.7. The SMILES string of the molecule is COc1ccc(S(=O)(=O)N2CCC[C@@H]2C(=O)O)c(C)c1F. The van der Waals surface area contributed by atoms with Crippen LogP contribution >= 0.6 is 0 Å². The molecule has 8 heteroatoms. The van der Waals surface area contributed by atoms with Crippen molar-refractivity contribution in [2.75, 3.05) is 13.7 Å². The van der Waals surface area contributed by atoms with Gasteiger partial charge in [-0.15, -0.1) is 0 Å². The lowest BCUT2D eigenvalue weighted by atomic mass is 10.2. The molecule has 1 aromatic carbocycles. The van der Waals surface area contributed by atoms with E-state index in [0.29, 0.717) is 6.42 Å². The first-order chi connectivity index (χ1) is 9.80. The fourth-order valence-electron chi connectivity index (χ4n) is 2.48. The number of benzene rings is 1. The predicted octanol–water partition coefficient (Wildman–Crippen LogP) is 1.38. The summed E-state index contributed by atoms with van der Waals surface area (Å²) >= 11 is 0. The van der Waals surface area contributed by atoms with Gasteiger partial charge in [-0.05, 0) is 31.9 Å². The van der Waals surface area contributed by atoms with E-state index in [1.54, 1.807) is 0 Å². The van der Waals surface area contributed by atoms with Gasteiger partial charge >= 0.3 is 5.97 Å². The molecule has 0 saturated carbocycles. The summed E-state index contributed by atoms with van der Waals surface area (Å²) < 4.78 is 44.9. The molecule has 1 aliphatic rings. The van der Waals surface area contributed by atoms with Crippen LogP contribution in [0.2, 0.25) is 0 Å². The highest BCUT2D eigenvalue weighted by molar-refractivity contribution is 7.89. The minimum Gasteiger partial charge on any atom is -0.494 e. The number of hydrogen-bond acceptors (Lipinski definition) is 4. The molecule has 0 spiro atoms. The first-order valence-electron chi connectivity index (χ1n) is 6.38. The topological polar surface area (TPSA) is 83.9 Å². The minimum absolute atomic E-state index is 0.0531. The molecular weight excluding hydrogens is 301 g/mol. The quantitative estimate of drug-likeness (QED) is 0.907. The Balaban J connectivity index is 2.50. The van der Waals surface area contributed by atoms with E-state index >= 15 is 0 Å². The Bertz CT molecular complexity index is 673. The van der Waals surface area contributed by atoms with E-state index in [0.717, 1.165) is 4.31 Å². The van der Waals surface area contributed by atoms with Crippen molar-refractivity contribution in [3.8, 4) is 5.75 Å². The monoisotopic (exact) mass is 317 g/mol. The van der Waals surface area contributed by atoms with Crippen molar-refractivity contribution in [2.24, 2.45) is 0 Å². The number of aliphatic carboxylic acids is 1. The van der Waals surface area contributed by atoms with Crippen LogP contribution in [0.15, 0.2) is 17.0 Å². The first-order valence-corrected chi connectivity index (χ1v) is 7.82. The lowest BCUT2D eigenvalue weighted by molar-refractivity contribution is -0.140. The first kappa shape index (κ1) is 15.7. The zero-order valence-corrected chi connectivity index (χ0v) is 12.5. The second kappa shape index (κ2) is 5.61. The highest BCUT2D eigenvalue weighted by Gasteiger charge is 2.40. The van der Waals surface area contributed by atoms with Gasteiger partial charge in [0.2, 0.25) is 10.0 Å². The van der Waals surface area contributed by atoms with Crippen LogP contribution in [0.4, 0.5) is 4.39 Å². The second-order valence-corrected chi connectivity index (χ2v) is 6.68. The highest BCUT2D eigenvalue weighted by Crippen LogP contribution is 2.31. The van der Waals surface area contributed by atoms with E-state index in [4.69, 9.17) is 9.84 Å². The van der Waals surface area contributed by atoms with Crippen molar-refractivity contribution in [2.45, 2.75) is 30.7 Å². The van der Waals surface area contributed by atoms with Crippen LogP contribution in [0.25, 0.3) is 0 Å². The van der Waals surface area contributed by atoms with Crippen LogP contribution < -0.4 is 4.74 Å². The highest BCUT2D eigenvalue weighted by atomic mass is 32.2. The molecule has 116 valence electrons. The van der Waals surface area contributed by atoms with Gasteiger partial charge in [0.25, 0.3) is 0 Å². The zero-order chi connectivity index (χ0) is 15.8. The number of carboxylic acids is 1. The van der Waals surface area contributed by atoms with Gasteiger partial charge in [0.05, 0.1) is 12.0 Å². The molecule has 0 bridgehead atoms. The van der Waals surface area contributed by atoms with E-state index in [9.17, 15) is 17.6 Å². The van der Waals surface area contributed by atoms with Crippen LogP contribution in [0, 0.1) is 12.7 Å². The summed E-state index contributed by atoms with van der Waals surface area (Å²) in [5.41, 5.74) is -0.0783. The number of carboxylic acid groups (broad SMARTS) is 1. The molecule has 1 atom stereocenters. The second-order valence-electron chi connectivity index (χ2n) is 4.82. The van der Waals surface area contributed by atoms with Crippen molar-refractivity contribution >= 4 is 16.0 Å². The van der Waals surface area contributed by atoms with Gasteiger partial charge in [0.15, 0.2) is 11.6 Å². The van der Waals surface area contributed by atoms with E-state index in [1.165, 1.54) is 26.2 Å². The lowest BCUT2D eigenvalue weighted by Crippen LogP contribution is -2.40. The number of rotatable bonds is 4. The average Bonchev–Trinajstić information content (AvgIpc) is 2.91. The van der Waals surface area contributed by atoms with E-state index in [-0.39, 0.29) is 29.2 Å². The Hall–Kier alpha value is -1.67. The molecule has 0 unspecified atom stereocenters. The molecule has 21 heavy (non-hydrogen) atoms. The van der Waals surface area contributed by atoms with Gasteiger partial charge < -0.3 is 9.84 Å². The number of halogens is 1. The van der Waals surface area contributed by atoms with Crippen LogP contribution in [-0.4, -0.2) is 43.5 Å². The van der Waals surface area contributed by atoms with Crippen molar-refractivity contribution in [1.82, 2.24) is 4.31 Å². The summed E-state index contributed by atoms with van der Waals surface area (Å²) in [5, 5.41) is 9.10. The number of nitrogens with zero attached hydrogens (tertiary/aromatic N) is 1. The molecule has 1 aromatic rings. The third kappa shape index (κ3) is 2.60. The largest absolute Gasteiger partial charge is 0.494 e.